The normalized spacial score (nSPS) is 13.4. The summed E-state index contributed by atoms with van der Waals surface area (Å²) in [5.41, 5.74) is 2.01. The van der Waals surface area contributed by atoms with Gasteiger partial charge in [0.1, 0.15) is 12.2 Å². The van der Waals surface area contributed by atoms with Gasteiger partial charge in [-0.05, 0) is 29.7 Å². The molecule has 1 aliphatic heterocycles. The van der Waals surface area contributed by atoms with Crippen molar-refractivity contribution in [1.82, 2.24) is 9.88 Å². The summed E-state index contributed by atoms with van der Waals surface area (Å²) in [6.07, 6.45) is 1.45. The Labute approximate surface area is 139 Å². The molecular formula is C18H17N3O3. The maximum atomic E-state index is 12.3. The van der Waals surface area contributed by atoms with E-state index in [0.29, 0.717) is 5.69 Å². The third-order valence-corrected chi connectivity index (χ3v) is 3.89. The number of nitrogens with zero attached hydrogens (tertiary/aromatic N) is 2. The van der Waals surface area contributed by atoms with Crippen LogP contribution in [0.3, 0.4) is 0 Å². The summed E-state index contributed by atoms with van der Waals surface area (Å²) < 4.78 is 0. The van der Waals surface area contributed by atoms with Crippen LogP contribution in [0.25, 0.3) is 0 Å². The van der Waals surface area contributed by atoms with Gasteiger partial charge in [0.05, 0.1) is 5.56 Å². The lowest BCUT2D eigenvalue weighted by Crippen LogP contribution is -2.37. The van der Waals surface area contributed by atoms with Crippen LogP contribution in [0.15, 0.2) is 42.6 Å². The summed E-state index contributed by atoms with van der Waals surface area (Å²) in [5.74, 6) is -1.21. The van der Waals surface area contributed by atoms with Gasteiger partial charge in [-0.2, -0.15) is 0 Å². The second-order valence-corrected chi connectivity index (χ2v) is 5.89. The highest BCUT2D eigenvalue weighted by atomic mass is 16.2. The molecule has 0 radical (unpaired) electrons. The summed E-state index contributed by atoms with van der Waals surface area (Å²) in [6.45, 7) is 3.72. The molecule has 2 aromatic rings. The molecule has 0 saturated heterocycles. The Hall–Kier alpha value is -3.02. The van der Waals surface area contributed by atoms with E-state index in [-0.39, 0.29) is 23.7 Å². The quantitative estimate of drug-likeness (QED) is 0.877. The molecule has 0 spiro atoms. The van der Waals surface area contributed by atoms with Crippen molar-refractivity contribution < 1.29 is 14.4 Å². The van der Waals surface area contributed by atoms with Gasteiger partial charge in [-0.25, -0.2) is 0 Å². The molecule has 0 bridgehead atoms. The molecule has 0 unspecified atom stereocenters. The van der Waals surface area contributed by atoms with E-state index in [1.54, 1.807) is 12.1 Å². The lowest BCUT2D eigenvalue weighted by molar-refractivity contribution is -0.116. The average Bonchev–Trinajstić information content (AvgIpc) is 2.80. The molecule has 1 aromatic carbocycles. The number of rotatable bonds is 4. The Morgan fingerprint density at radius 2 is 1.88 bits per heavy atom. The van der Waals surface area contributed by atoms with Crippen LogP contribution in [0.4, 0.5) is 5.69 Å². The first kappa shape index (κ1) is 15.9. The molecule has 1 aliphatic rings. The van der Waals surface area contributed by atoms with Gasteiger partial charge in [-0.1, -0.05) is 32.0 Å². The van der Waals surface area contributed by atoms with Crippen molar-refractivity contribution in [1.29, 1.82) is 0 Å². The second-order valence-electron chi connectivity index (χ2n) is 5.89. The van der Waals surface area contributed by atoms with Crippen LogP contribution < -0.4 is 5.32 Å². The second kappa shape index (κ2) is 6.23. The van der Waals surface area contributed by atoms with Crippen molar-refractivity contribution in [3.8, 4) is 0 Å². The van der Waals surface area contributed by atoms with E-state index in [1.165, 1.54) is 12.3 Å². The Bertz CT molecular complexity index is 795. The minimum atomic E-state index is -0.539. The molecule has 122 valence electrons. The van der Waals surface area contributed by atoms with Crippen molar-refractivity contribution in [2.75, 3.05) is 11.9 Å². The van der Waals surface area contributed by atoms with Gasteiger partial charge in [-0.3, -0.25) is 24.3 Å². The van der Waals surface area contributed by atoms with E-state index in [1.807, 2.05) is 32.0 Å². The Morgan fingerprint density at radius 1 is 1.12 bits per heavy atom. The Kier molecular flexibility index (Phi) is 4.12. The summed E-state index contributed by atoms with van der Waals surface area (Å²) in [4.78, 5) is 41.6. The third-order valence-electron chi connectivity index (χ3n) is 3.89. The van der Waals surface area contributed by atoms with Crippen LogP contribution in [-0.2, 0) is 4.79 Å². The van der Waals surface area contributed by atoms with Crippen LogP contribution in [-0.4, -0.2) is 34.2 Å². The van der Waals surface area contributed by atoms with E-state index in [9.17, 15) is 14.4 Å². The highest BCUT2D eigenvalue weighted by Gasteiger charge is 2.37. The maximum Gasteiger partial charge on any atom is 0.280 e. The average molecular weight is 323 g/mol. The minimum absolute atomic E-state index is 0.0953. The van der Waals surface area contributed by atoms with E-state index in [4.69, 9.17) is 0 Å². The van der Waals surface area contributed by atoms with Gasteiger partial charge in [0.15, 0.2) is 0 Å². The summed E-state index contributed by atoms with van der Waals surface area (Å²) in [6, 6.07) is 10.6. The van der Waals surface area contributed by atoms with E-state index in [2.05, 4.69) is 10.3 Å². The third kappa shape index (κ3) is 2.78. The fourth-order valence-corrected chi connectivity index (χ4v) is 2.71. The number of hydrogen-bond acceptors (Lipinski definition) is 4. The number of hydrogen-bond donors (Lipinski definition) is 1. The molecule has 2 heterocycles. The molecule has 3 amide bonds. The molecule has 24 heavy (non-hydrogen) atoms. The minimum Gasteiger partial charge on any atom is -0.324 e. The van der Waals surface area contributed by atoms with E-state index >= 15 is 0 Å². The summed E-state index contributed by atoms with van der Waals surface area (Å²) >= 11 is 0. The highest BCUT2D eigenvalue weighted by Crippen LogP contribution is 2.24. The molecule has 0 fully saturated rings. The fraction of sp³-hybridized carbons (Fsp3) is 0.222. The number of imide groups is 1. The largest absolute Gasteiger partial charge is 0.324 e. The number of para-hydroxylation sites is 1. The fourth-order valence-electron chi connectivity index (χ4n) is 2.71. The first-order valence-corrected chi connectivity index (χ1v) is 7.69. The smallest absolute Gasteiger partial charge is 0.280 e. The lowest BCUT2D eigenvalue weighted by Gasteiger charge is -2.16. The van der Waals surface area contributed by atoms with Crippen molar-refractivity contribution >= 4 is 23.4 Å². The zero-order valence-electron chi connectivity index (χ0n) is 13.4. The summed E-state index contributed by atoms with van der Waals surface area (Å²) in [7, 11) is 0. The Balaban J connectivity index is 1.75. The van der Waals surface area contributed by atoms with Crippen molar-refractivity contribution in [3.05, 3.63) is 59.4 Å². The van der Waals surface area contributed by atoms with Crippen LogP contribution in [0, 0.1) is 0 Å². The van der Waals surface area contributed by atoms with Crippen LogP contribution in [0.2, 0.25) is 0 Å². The number of pyridine rings is 1. The number of carbonyl (C=O) groups is 3. The first-order chi connectivity index (χ1) is 11.5. The molecule has 6 nitrogen and oxygen atoms in total. The maximum absolute atomic E-state index is 12.3. The number of carbonyl (C=O) groups excluding carboxylic acids is 3. The molecule has 1 N–H and O–H groups in total. The van der Waals surface area contributed by atoms with Crippen molar-refractivity contribution in [2.45, 2.75) is 19.8 Å². The molecule has 0 saturated carbocycles. The number of anilines is 1. The van der Waals surface area contributed by atoms with Crippen LogP contribution >= 0.6 is 0 Å². The molecule has 0 atom stereocenters. The van der Waals surface area contributed by atoms with Gasteiger partial charge in [0.25, 0.3) is 11.8 Å². The van der Waals surface area contributed by atoms with Gasteiger partial charge in [0.2, 0.25) is 5.91 Å². The number of fused-ring (bicyclic) bond motifs is 1. The number of nitrogens with one attached hydrogen (secondary N) is 1. The van der Waals surface area contributed by atoms with E-state index < -0.39 is 17.7 Å². The number of amides is 3. The van der Waals surface area contributed by atoms with Gasteiger partial charge in [-0.15, -0.1) is 0 Å². The monoisotopic (exact) mass is 323 g/mol. The van der Waals surface area contributed by atoms with Crippen molar-refractivity contribution in [2.24, 2.45) is 0 Å². The molecule has 3 rings (SSSR count). The first-order valence-electron chi connectivity index (χ1n) is 7.69. The molecule has 0 aliphatic carbocycles. The highest BCUT2D eigenvalue weighted by molar-refractivity contribution is 6.21. The zero-order valence-corrected chi connectivity index (χ0v) is 13.4. The van der Waals surface area contributed by atoms with Crippen LogP contribution in [0.1, 0.15) is 46.2 Å². The van der Waals surface area contributed by atoms with Gasteiger partial charge >= 0.3 is 0 Å². The number of benzene rings is 1. The lowest BCUT2D eigenvalue weighted by atomic mass is 10.0. The zero-order chi connectivity index (χ0) is 17.3. The summed E-state index contributed by atoms with van der Waals surface area (Å²) in [5, 5.41) is 2.78. The standard InChI is InChI=1S/C18H17N3O3/c1-11(2)12-6-3-4-8-14(12)20-15(22)10-21-17(23)13-7-5-9-19-16(13)18(21)24/h3-9,11H,10H2,1-2H3,(H,20,22). The SMILES string of the molecule is CC(C)c1ccccc1NC(=O)CN1C(=O)c2cccnc2C1=O. The predicted octanol–water partition coefficient (Wildman–Crippen LogP) is 2.44. The predicted molar refractivity (Wildman–Crippen MR) is 88.8 cm³/mol. The molecule has 6 heteroatoms. The van der Waals surface area contributed by atoms with Gasteiger partial charge in [0, 0.05) is 11.9 Å². The van der Waals surface area contributed by atoms with Gasteiger partial charge < -0.3 is 5.32 Å². The number of aromatic nitrogens is 1. The topological polar surface area (TPSA) is 79.4 Å². The molecule has 1 aromatic heterocycles. The molecular weight excluding hydrogens is 306 g/mol. The Morgan fingerprint density at radius 3 is 2.58 bits per heavy atom. The van der Waals surface area contributed by atoms with Crippen molar-refractivity contribution in [3.63, 3.8) is 0 Å². The van der Waals surface area contributed by atoms with E-state index in [0.717, 1.165) is 10.5 Å². The van der Waals surface area contributed by atoms with Crippen LogP contribution in [0.5, 0.6) is 0 Å².